The lowest BCUT2D eigenvalue weighted by Crippen LogP contribution is -2.33. The first-order chi connectivity index (χ1) is 15.5. The normalized spacial score (nSPS) is 23.1. The predicted molar refractivity (Wildman–Crippen MR) is 112 cm³/mol. The predicted octanol–water partition coefficient (Wildman–Crippen LogP) is 0.0857. The number of H-pyrrole nitrogens is 1. The summed E-state index contributed by atoms with van der Waals surface area (Å²) in [6, 6.07) is 7.44. The molecule has 4 heterocycles. The Labute approximate surface area is 181 Å². The van der Waals surface area contributed by atoms with E-state index in [0.717, 1.165) is 16.9 Å². The molecule has 0 spiro atoms. The molecule has 0 aliphatic carbocycles. The van der Waals surface area contributed by atoms with Crippen LogP contribution in [0.5, 0.6) is 5.75 Å². The number of nitrogens with two attached hydrogens (primary N) is 1. The van der Waals surface area contributed by atoms with E-state index in [9.17, 15) is 15.3 Å². The van der Waals surface area contributed by atoms with E-state index < -0.39 is 31.1 Å². The molecule has 1 aliphatic rings. The molecule has 4 unspecified atom stereocenters. The monoisotopic (exact) mass is 439 g/mol. The molecule has 0 bridgehead atoms. The van der Waals surface area contributed by atoms with Gasteiger partial charge in [0.1, 0.15) is 35.3 Å². The van der Waals surface area contributed by atoms with E-state index in [0.29, 0.717) is 16.9 Å². The van der Waals surface area contributed by atoms with Gasteiger partial charge in [-0.25, -0.2) is 15.0 Å². The Morgan fingerprint density at radius 1 is 1.19 bits per heavy atom. The quantitative estimate of drug-likeness (QED) is 0.286. The van der Waals surface area contributed by atoms with Crippen LogP contribution in [0.2, 0.25) is 0 Å². The number of aromatic amines is 1. The number of aromatic nitrogens is 6. The van der Waals surface area contributed by atoms with Crippen molar-refractivity contribution in [1.82, 2.24) is 29.7 Å². The number of aliphatic hydroxyl groups excluding tert-OH is 3. The molecular weight excluding hydrogens is 418 g/mol. The van der Waals surface area contributed by atoms with Crippen molar-refractivity contribution < 1.29 is 24.8 Å². The molecular formula is C20H21N7O5. The van der Waals surface area contributed by atoms with Gasteiger partial charge in [0.2, 0.25) is 0 Å². The molecule has 1 aliphatic heterocycles. The lowest BCUT2D eigenvalue weighted by Gasteiger charge is -2.16. The first-order valence-electron chi connectivity index (χ1n) is 9.82. The molecule has 32 heavy (non-hydrogen) atoms. The van der Waals surface area contributed by atoms with Gasteiger partial charge in [0, 0.05) is 5.56 Å². The molecule has 0 saturated carbocycles. The van der Waals surface area contributed by atoms with Gasteiger partial charge in [-0.2, -0.15) is 5.10 Å². The van der Waals surface area contributed by atoms with Crippen molar-refractivity contribution in [2.24, 2.45) is 0 Å². The van der Waals surface area contributed by atoms with Crippen LogP contribution in [0.4, 0.5) is 5.82 Å². The number of nitrogen functional groups attached to an aromatic ring is 1. The van der Waals surface area contributed by atoms with E-state index in [1.165, 1.54) is 10.9 Å². The number of anilines is 1. The van der Waals surface area contributed by atoms with Crippen LogP contribution in [0.3, 0.4) is 0 Å². The number of hydrogen-bond acceptors (Lipinski definition) is 10. The molecule has 5 rings (SSSR count). The smallest absolute Gasteiger partial charge is 0.182 e. The molecule has 4 atom stereocenters. The van der Waals surface area contributed by atoms with E-state index in [2.05, 4.69) is 25.1 Å². The highest BCUT2D eigenvalue weighted by molar-refractivity contribution is 5.86. The summed E-state index contributed by atoms with van der Waals surface area (Å²) >= 11 is 0. The third-order valence-corrected chi connectivity index (χ3v) is 5.50. The molecule has 3 aromatic heterocycles. The number of hydrogen-bond donors (Lipinski definition) is 5. The number of nitrogens with zero attached hydrogens (tertiary/aromatic N) is 5. The maximum Gasteiger partial charge on any atom is 0.182 e. The Kier molecular flexibility index (Phi) is 4.98. The van der Waals surface area contributed by atoms with Gasteiger partial charge in [0.25, 0.3) is 0 Å². The summed E-state index contributed by atoms with van der Waals surface area (Å²) < 4.78 is 12.3. The highest BCUT2D eigenvalue weighted by atomic mass is 16.6. The number of rotatable bonds is 5. The molecule has 1 saturated heterocycles. The highest BCUT2D eigenvalue weighted by Gasteiger charge is 2.44. The topological polar surface area (TPSA) is 177 Å². The number of ether oxygens (including phenoxy) is 2. The third-order valence-electron chi connectivity index (χ3n) is 5.50. The van der Waals surface area contributed by atoms with Crippen molar-refractivity contribution in [3.8, 4) is 28.4 Å². The van der Waals surface area contributed by atoms with E-state index >= 15 is 0 Å². The second-order valence-electron chi connectivity index (χ2n) is 7.37. The van der Waals surface area contributed by atoms with Gasteiger partial charge in [-0.05, 0) is 17.7 Å². The van der Waals surface area contributed by atoms with Crippen LogP contribution < -0.4 is 10.5 Å². The second kappa shape index (κ2) is 7.84. The largest absolute Gasteiger partial charge is 0.497 e. The van der Waals surface area contributed by atoms with Gasteiger partial charge < -0.3 is 30.5 Å². The average molecular weight is 439 g/mol. The number of methoxy groups -OCH3 is 1. The van der Waals surface area contributed by atoms with Gasteiger partial charge in [-0.1, -0.05) is 12.1 Å². The molecule has 1 fully saturated rings. The molecule has 166 valence electrons. The van der Waals surface area contributed by atoms with E-state index in [4.69, 9.17) is 15.2 Å². The summed E-state index contributed by atoms with van der Waals surface area (Å²) in [6.07, 6.45) is -1.42. The van der Waals surface area contributed by atoms with Crippen LogP contribution in [0.15, 0.2) is 36.8 Å². The van der Waals surface area contributed by atoms with Gasteiger partial charge in [-0.3, -0.25) is 9.67 Å². The standard InChI is InChI=1S/C20H21N7O5/c1-31-10-4-2-9(3-5-10)11-6-23-26-13(11)18-24-17(21)14-19(25-18)27(8-22-14)20-16(30)15(29)12(7-28)32-20/h2-6,8,12,15-16,20,28-30H,7H2,1H3,(H,23,26)(H2,21,24,25). The van der Waals surface area contributed by atoms with Crippen LogP contribution in [-0.4, -0.2) is 77.1 Å². The number of benzene rings is 1. The number of aliphatic hydroxyl groups is 3. The zero-order valence-electron chi connectivity index (χ0n) is 17.0. The Morgan fingerprint density at radius 3 is 2.66 bits per heavy atom. The summed E-state index contributed by atoms with van der Waals surface area (Å²) in [5.41, 5.74) is 8.93. The SMILES string of the molecule is COc1ccc(-c2cn[nH]c2-c2nc(N)c3ncn(C4OC(CO)C(O)C4O)c3n2)cc1. The minimum atomic E-state index is -1.29. The first-order valence-corrected chi connectivity index (χ1v) is 9.82. The van der Waals surface area contributed by atoms with Gasteiger partial charge >= 0.3 is 0 Å². The van der Waals surface area contributed by atoms with Gasteiger partial charge in [0.15, 0.2) is 23.5 Å². The van der Waals surface area contributed by atoms with Crippen LogP contribution in [0, 0.1) is 0 Å². The molecule has 6 N–H and O–H groups in total. The van der Waals surface area contributed by atoms with Gasteiger partial charge in [-0.15, -0.1) is 0 Å². The van der Waals surface area contributed by atoms with Crippen molar-refractivity contribution in [3.05, 3.63) is 36.8 Å². The lowest BCUT2D eigenvalue weighted by molar-refractivity contribution is -0.0511. The molecule has 0 amide bonds. The Morgan fingerprint density at radius 2 is 1.97 bits per heavy atom. The zero-order valence-corrected chi connectivity index (χ0v) is 17.0. The summed E-state index contributed by atoms with van der Waals surface area (Å²) in [6.45, 7) is -0.441. The van der Waals surface area contributed by atoms with E-state index in [1.54, 1.807) is 13.3 Å². The number of imidazole rings is 1. The summed E-state index contributed by atoms with van der Waals surface area (Å²) in [5.74, 6) is 1.13. The highest BCUT2D eigenvalue weighted by Crippen LogP contribution is 2.34. The Bertz CT molecular complexity index is 1260. The molecule has 12 nitrogen and oxygen atoms in total. The third kappa shape index (κ3) is 3.17. The molecule has 1 aromatic carbocycles. The maximum atomic E-state index is 10.4. The molecule has 0 radical (unpaired) electrons. The van der Waals surface area contributed by atoms with Crippen molar-refractivity contribution in [1.29, 1.82) is 0 Å². The number of nitrogens with one attached hydrogen (secondary N) is 1. The van der Waals surface area contributed by atoms with Crippen molar-refractivity contribution >= 4 is 17.0 Å². The van der Waals surface area contributed by atoms with E-state index in [-0.39, 0.29) is 11.6 Å². The summed E-state index contributed by atoms with van der Waals surface area (Å²) in [7, 11) is 1.60. The second-order valence-corrected chi connectivity index (χ2v) is 7.37. The summed E-state index contributed by atoms with van der Waals surface area (Å²) in [5, 5.41) is 36.9. The first kappa shape index (κ1) is 20.3. The van der Waals surface area contributed by atoms with Crippen molar-refractivity contribution in [2.45, 2.75) is 24.5 Å². The van der Waals surface area contributed by atoms with E-state index in [1.807, 2.05) is 24.3 Å². The average Bonchev–Trinajstić information content (AvgIpc) is 3.52. The maximum absolute atomic E-state index is 10.4. The Hall–Kier alpha value is -3.58. The fourth-order valence-corrected chi connectivity index (χ4v) is 3.79. The van der Waals surface area contributed by atoms with Crippen LogP contribution in [0.1, 0.15) is 6.23 Å². The number of fused-ring (bicyclic) bond motifs is 1. The van der Waals surface area contributed by atoms with Crippen LogP contribution >= 0.6 is 0 Å². The van der Waals surface area contributed by atoms with Crippen molar-refractivity contribution in [2.75, 3.05) is 19.5 Å². The molecule has 4 aromatic rings. The lowest BCUT2D eigenvalue weighted by atomic mass is 10.1. The fraction of sp³-hybridized carbons (Fsp3) is 0.300. The zero-order chi connectivity index (χ0) is 22.4. The summed E-state index contributed by atoms with van der Waals surface area (Å²) in [4.78, 5) is 13.2. The van der Waals surface area contributed by atoms with Gasteiger partial charge in [0.05, 0.1) is 26.2 Å². The van der Waals surface area contributed by atoms with Crippen LogP contribution in [-0.2, 0) is 4.74 Å². The van der Waals surface area contributed by atoms with Crippen molar-refractivity contribution in [3.63, 3.8) is 0 Å². The fourth-order valence-electron chi connectivity index (χ4n) is 3.79. The van der Waals surface area contributed by atoms with Crippen LogP contribution in [0.25, 0.3) is 33.8 Å². The molecule has 12 heteroatoms. The minimum absolute atomic E-state index is 0.130. The Balaban J connectivity index is 1.59. The minimum Gasteiger partial charge on any atom is -0.497 e.